The van der Waals surface area contributed by atoms with E-state index in [9.17, 15) is 4.79 Å². The second-order valence-electron chi connectivity index (χ2n) is 6.05. The molecule has 0 aliphatic carbocycles. The van der Waals surface area contributed by atoms with Crippen LogP contribution in [0.5, 0.6) is 5.88 Å². The topological polar surface area (TPSA) is 45.7 Å². The van der Waals surface area contributed by atoms with Crippen LogP contribution in [0.3, 0.4) is 0 Å². The standard InChI is InChI=1S/C16H23N3O2/c1-3-21-15-5-4-12(8-17-15)9-19-10-13-6-7-18(2)16(20)14(13)11-19/h4-5,8,13-14H,3,6-7,9-11H2,1-2H3/t13-,14+/m1/s1. The Labute approximate surface area is 125 Å². The zero-order valence-electron chi connectivity index (χ0n) is 12.8. The zero-order chi connectivity index (χ0) is 14.8. The number of carbonyl (C=O) groups is 1. The van der Waals surface area contributed by atoms with Crippen molar-refractivity contribution in [3.63, 3.8) is 0 Å². The van der Waals surface area contributed by atoms with Crippen LogP contribution in [0, 0.1) is 11.8 Å². The van der Waals surface area contributed by atoms with Gasteiger partial charge in [0.2, 0.25) is 11.8 Å². The number of carbonyl (C=O) groups excluding carboxylic acids is 1. The van der Waals surface area contributed by atoms with Gasteiger partial charge in [-0.25, -0.2) is 4.98 Å². The van der Waals surface area contributed by atoms with E-state index in [4.69, 9.17) is 4.74 Å². The molecule has 2 fully saturated rings. The van der Waals surface area contributed by atoms with E-state index < -0.39 is 0 Å². The minimum Gasteiger partial charge on any atom is -0.478 e. The zero-order valence-corrected chi connectivity index (χ0v) is 12.8. The van der Waals surface area contributed by atoms with E-state index in [0.717, 1.165) is 32.6 Å². The van der Waals surface area contributed by atoms with Gasteiger partial charge in [-0.1, -0.05) is 6.07 Å². The fourth-order valence-electron chi connectivity index (χ4n) is 3.41. The normalized spacial score (nSPS) is 26.0. The van der Waals surface area contributed by atoms with Crippen LogP contribution < -0.4 is 4.74 Å². The van der Waals surface area contributed by atoms with Gasteiger partial charge in [0, 0.05) is 45.5 Å². The minimum atomic E-state index is 0.194. The lowest BCUT2D eigenvalue weighted by Crippen LogP contribution is -2.42. The van der Waals surface area contributed by atoms with E-state index in [0.29, 0.717) is 24.3 Å². The van der Waals surface area contributed by atoms with Crippen LogP contribution in [-0.2, 0) is 11.3 Å². The van der Waals surface area contributed by atoms with E-state index in [1.54, 1.807) is 0 Å². The molecule has 0 spiro atoms. The average Bonchev–Trinajstić information content (AvgIpc) is 2.89. The lowest BCUT2D eigenvalue weighted by Gasteiger charge is -2.30. The van der Waals surface area contributed by atoms with Crippen molar-refractivity contribution in [1.29, 1.82) is 0 Å². The Morgan fingerprint density at radius 3 is 2.95 bits per heavy atom. The molecule has 2 saturated heterocycles. The highest BCUT2D eigenvalue weighted by atomic mass is 16.5. The summed E-state index contributed by atoms with van der Waals surface area (Å²) in [5.41, 5.74) is 1.18. The molecule has 0 saturated carbocycles. The number of amides is 1. The van der Waals surface area contributed by atoms with E-state index in [2.05, 4.69) is 16.0 Å². The first-order valence-electron chi connectivity index (χ1n) is 7.72. The molecule has 0 unspecified atom stereocenters. The van der Waals surface area contributed by atoms with E-state index in [-0.39, 0.29) is 5.92 Å². The SMILES string of the molecule is CCOc1ccc(CN2C[C@H]3CCN(C)C(=O)[C@H]3C2)cn1. The largest absolute Gasteiger partial charge is 0.478 e. The number of hydrogen-bond donors (Lipinski definition) is 0. The first kappa shape index (κ1) is 14.3. The van der Waals surface area contributed by atoms with Crippen LogP contribution in [0.25, 0.3) is 0 Å². The molecule has 3 heterocycles. The number of rotatable bonds is 4. The van der Waals surface area contributed by atoms with E-state index >= 15 is 0 Å². The molecule has 1 aromatic heterocycles. The molecule has 1 amide bonds. The fraction of sp³-hybridized carbons (Fsp3) is 0.625. The molecule has 2 aliphatic rings. The lowest BCUT2D eigenvalue weighted by molar-refractivity contribution is -0.137. The van der Waals surface area contributed by atoms with Gasteiger partial charge in [0.15, 0.2) is 0 Å². The second kappa shape index (κ2) is 6.02. The van der Waals surface area contributed by atoms with Crippen molar-refractivity contribution in [2.24, 2.45) is 11.8 Å². The molecule has 0 aromatic carbocycles. The summed E-state index contributed by atoms with van der Waals surface area (Å²) in [5, 5.41) is 0. The summed E-state index contributed by atoms with van der Waals surface area (Å²) < 4.78 is 5.36. The minimum absolute atomic E-state index is 0.194. The third-order valence-electron chi connectivity index (χ3n) is 4.54. The number of likely N-dealkylation sites (tertiary alicyclic amines) is 2. The van der Waals surface area contributed by atoms with Crippen LogP contribution in [0.15, 0.2) is 18.3 Å². The summed E-state index contributed by atoms with van der Waals surface area (Å²) in [4.78, 5) is 20.8. The summed E-state index contributed by atoms with van der Waals surface area (Å²) in [7, 11) is 1.91. The number of pyridine rings is 1. The maximum atomic E-state index is 12.2. The van der Waals surface area contributed by atoms with Gasteiger partial charge in [0.25, 0.3) is 0 Å². The lowest BCUT2D eigenvalue weighted by atomic mass is 9.88. The molecule has 0 radical (unpaired) electrons. The Hall–Kier alpha value is -1.62. The number of ether oxygens (including phenoxy) is 1. The Bertz CT molecular complexity index is 503. The van der Waals surface area contributed by atoms with Crippen molar-refractivity contribution < 1.29 is 9.53 Å². The average molecular weight is 289 g/mol. The Balaban J connectivity index is 1.60. The highest BCUT2D eigenvalue weighted by Crippen LogP contribution is 2.32. The van der Waals surface area contributed by atoms with Crippen LogP contribution in [0.2, 0.25) is 0 Å². The predicted molar refractivity (Wildman–Crippen MR) is 79.9 cm³/mol. The molecule has 1 aromatic rings. The first-order chi connectivity index (χ1) is 10.2. The monoisotopic (exact) mass is 289 g/mol. The third-order valence-corrected chi connectivity index (χ3v) is 4.54. The van der Waals surface area contributed by atoms with Crippen molar-refractivity contribution in [3.8, 4) is 5.88 Å². The van der Waals surface area contributed by atoms with Gasteiger partial charge in [-0.15, -0.1) is 0 Å². The number of fused-ring (bicyclic) bond motifs is 1. The molecular formula is C16H23N3O2. The van der Waals surface area contributed by atoms with Crippen molar-refractivity contribution >= 4 is 5.91 Å². The Morgan fingerprint density at radius 1 is 1.38 bits per heavy atom. The van der Waals surface area contributed by atoms with E-state index in [1.807, 2.05) is 31.1 Å². The summed E-state index contributed by atoms with van der Waals surface area (Å²) in [6, 6.07) is 3.98. The molecule has 5 heteroatoms. The summed E-state index contributed by atoms with van der Waals surface area (Å²) in [5.74, 6) is 1.72. The van der Waals surface area contributed by atoms with Crippen LogP contribution in [0.1, 0.15) is 18.9 Å². The van der Waals surface area contributed by atoms with Crippen LogP contribution >= 0.6 is 0 Å². The molecule has 0 N–H and O–H groups in total. The first-order valence-corrected chi connectivity index (χ1v) is 7.72. The van der Waals surface area contributed by atoms with Crippen molar-refractivity contribution in [2.75, 3.05) is 33.3 Å². The third kappa shape index (κ3) is 3.02. The van der Waals surface area contributed by atoms with Gasteiger partial charge >= 0.3 is 0 Å². The molecule has 114 valence electrons. The van der Waals surface area contributed by atoms with Gasteiger partial charge in [0.05, 0.1) is 12.5 Å². The van der Waals surface area contributed by atoms with Crippen molar-refractivity contribution in [2.45, 2.75) is 19.9 Å². The molecule has 0 bridgehead atoms. The summed E-state index contributed by atoms with van der Waals surface area (Å²) >= 11 is 0. The van der Waals surface area contributed by atoms with Gasteiger partial charge in [-0.3, -0.25) is 9.69 Å². The fourth-order valence-corrected chi connectivity index (χ4v) is 3.41. The maximum absolute atomic E-state index is 12.2. The highest BCUT2D eigenvalue weighted by Gasteiger charge is 2.41. The Kier molecular flexibility index (Phi) is 4.10. The number of nitrogens with zero attached hydrogens (tertiary/aromatic N) is 3. The smallest absolute Gasteiger partial charge is 0.227 e. The number of hydrogen-bond acceptors (Lipinski definition) is 4. The highest BCUT2D eigenvalue weighted by molar-refractivity contribution is 5.80. The molecule has 3 rings (SSSR count). The number of piperidine rings is 1. The van der Waals surface area contributed by atoms with Gasteiger partial charge in [-0.2, -0.15) is 0 Å². The predicted octanol–water partition coefficient (Wildman–Crippen LogP) is 1.39. The van der Waals surface area contributed by atoms with Crippen molar-refractivity contribution in [3.05, 3.63) is 23.9 Å². The van der Waals surface area contributed by atoms with Gasteiger partial charge in [0.1, 0.15) is 0 Å². The number of aromatic nitrogens is 1. The van der Waals surface area contributed by atoms with E-state index in [1.165, 1.54) is 5.56 Å². The second-order valence-corrected chi connectivity index (χ2v) is 6.05. The van der Waals surface area contributed by atoms with Crippen LogP contribution in [0.4, 0.5) is 0 Å². The molecule has 2 aliphatic heterocycles. The summed E-state index contributed by atoms with van der Waals surface area (Å²) in [6.45, 7) is 6.26. The molecule has 5 nitrogen and oxygen atoms in total. The molecular weight excluding hydrogens is 266 g/mol. The Morgan fingerprint density at radius 2 is 2.24 bits per heavy atom. The van der Waals surface area contributed by atoms with Gasteiger partial charge in [-0.05, 0) is 24.8 Å². The quantitative estimate of drug-likeness (QED) is 0.840. The molecule has 2 atom stereocenters. The summed E-state index contributed by atoms with van der Waals surface area (Å²) in [6.07, 6.45) is 3.01. The van der Waals surface area contributed by atoms with Gasteiger partial charge < -0.3 is 9.64 Å². The molecule has 21 heavy (non-hydrogen) atoms. The van der Waals surface area contributed by atoms with Crippen LogP contribution in [-0.4, -0.2) is 54.0 Å². The maximum Gasteiger partial charge on any atom is 0.227 e. The van der Waals surface area contributed by atoms with Crippen molar-refractivity contribution in [1.82, 2.24) is 14.8 Å².